The summed E-state index contributed by atoms with van der Waals surface area (Å²) in [5.41, 5.74) is 1.40. The van der Waals surface area contributed by atoms with E-state index in [1.54, 1.807) is 30.3 Å². The highest BCUT2D eigenvalue weighted by molar-refractivity contribution is 7.89. The van der Waals surface area contributed by atoms with Gasteiger partial charge in [0.2, 0.25) is 10.0 Å². The van der Waals surface area contributed by atoms with Crippen molar-refractivity contribution in [1.29, 1.82) is 0 Å². The SMILES string of the molecule is C[C@@H](NC(=O)C[NH+](Cc1ccccc1F)C1CC1)c1ccc(S(N)(=O)=O)cc1. The number of halogens is 1. The van der Waals surface area contributed by atoms with E-state index in [0.717, 1.165) is 23.3 Å². The first-order valence-electron chi connectivity index (χ1n) is 9.24. The smallest absolute Gasteiger partial charge is 0.275 e. The van der Waals surface area contributed by atoms with Crippen molar-refractivity contribution >= 4 is 15.9 Å². The van der Waals surface area contributed by atoms with Crippen LogP contribution in [0.1, 0.15) is 36.9 Å². The van der Waals surface area contributed by atoms with Crippen LogP contribution >= 0.6 is 0 Å². The van der Waals surface area contributed by atoms with E-state index in [1.165, 1.54) is 18.2 Å². The zero-order chi connectivity index (χ0) is 20.3. The Bertz CT molecular complexity index is 943. The Kier molecular flexibility index (Phi) is 6.12. The van der Waals surface area contributed by atoms with Crippen LogP contribution in [0.5, 0.6) is 0 Å². The Balaban J connectivity index is 1.60. The van der Waals surface area contributed by atoms with Crippen molar-refractivity contribution in [1.82, 2.24) is 5.32 Å². The Hall–Kier alpha value is -2.29. The van der Waals surface area contributed by atoms with Crippen molar-refractivity contribution in [2.45, 2.75) is 43.3 Å². The minimum atomic E-state index is -3.74. The summed E-state index contributed by atoms with van der Waals surface area (Å²) in [5.74, 6) is -0.370. The molecule has 150 valence electrons. The van der Waals surface area contributed by atoms with Gasteiger partial charge in [-0.1, -0.05) is 30.3 Å². The zero-order valence-electron chi connectivity index (χ0n) is 15.7. The number of hydrogen-bond acceptors (Lipinski definition) is 3. The number of quaternary nitrogens is 1. The first kappa shape index (κ1) is 20.4. The van der Waals surface area contributed by atoms with Gasteiger partial charge in [0, 0.05) is 18.4 Å². The van der Waals surface area contributed by atoms with E-state index < -0.39 is 10.0 Å². The summed E-state index contributed by atoms with van der Waals surface area (Å²) in [6.45, 7) is 2.57. The molecular formula is C20H25FN3O3S+. The van der Waals surface area contributed by atoms with Crippen LogP contribution in [0.15, 0.2) is 53.4 Å². The van der Waals surface area contributed by atoms with Gasteiger partial charge in [-0.15, -0.1) is 0 Å². The van der Waals surface area contributed by atoms with Crippen LogP contribution in [-0.2, 0) is 21.4 Å². The van der Waals surface area contributed by atoms with Crippen molar-refractivity contribution < 1.29 is 22.5 Å². The molecule has 1 aliphatic rings. The van der Waals surface area contributed by atoms with Gasteiger partial charge >= 0.3 is 0 Å². The lowest BCUT2D eigenvalue weighted by atomic mass is 10.1. The fourth-order valence-electron chi connectivity index (χ4n) is 3.26. The van der Waals surface area contributed by atoms with Crippen molar-refractivity contribution in [3.05, 3.63) is 65.5 Å². The summed E-state index contributed by atoms with van der Waals surface area (Å²) in [7, 11) is -3.74. The van der Waals surface area contributed by atoms with Gasteiger partial charge in [-0.05, 0) is 30.7 Å². The van der Waals surface area contributed by atoms with Crippen molar-refractivity contribution in [3.63, 3.8) is 0 Å². The van der Waals surface area contributed by atoms with E-state index in [-0.39, 0.29) is 29.2 Å². The van der Waals surface area contributed by atoms with Crippen LogP contribution in [-0.4, -0.2) is 26.9 Å². The molecule has 0 bridgehead atoms. The lowest BCUT2D eigenvalue weighted by molar-refractivity contribution is -0.917. The van der Waals surface area contributed by atoms with Gasteiger partial charge in [0.15, 0.2) is 6.54 Å². The van der Waals surface area contributed by atoms with Crippen LogP contribution in [0.4, 0.5) is 4.39 Å². The first-order chi connectivity index (χ1) is 13.2. The van der Waals surface area contributed by atoms with Crippen molar-refractivity contribution in [2.24, 2.45) is 5.14 Å². The first-order valence-corrected chi connectivity index (χ1v) is 10.8. The monoisotopic (exact) mass is 406 g/mol. The second kappa shape index (κ2) is 8.38. The fraction of sp³-hybridized carbons (Fsp3) is 0.350. The second-order valence-electron chi connectivity index (χ2n) is 7.28. The molecule has 1 fully saturated rings. The van der Waals surface area contributed by atoms with Crippen LogP contribution in [0.2, 0.25) is 0 Å². The van der Waals surface area contributed by atoms with Gasteiger partial charge < -0.3 is 10.2 Å². The highest BCUT2D eigenvalue weighted by Gasteiger charge is 2.35. The highest BCUT2D eigenvalue weighted by atomic mass is 32.2. The minimum absolute atomic E-state index is 0.0315. The molecule has 0 saturated heterocycles. The van der Waals surface area contributed by atoms with E-state index in [4.69, 9.17) is 5.14 Å². The summed E-state index contributed by atoms with van der Waals surface area (Å²) >= 11 is 0. The quantitative estimate of drug-likeness (QED) is 0.608. The number of amides is 1. The van der Waals surface area contributed by atoms with Gasteiger partial charge in [-0.25, -0.2) is 17.9 Å². The molecule has 0 heterocycles. The number of primary sulfonamides is 1. The topological polar surface area (TPSA) is 93.7 Å². The average molecular weight is 407 g/mol. The second-order valence-corrected chi connectivity index (χ2v) is 8.84. The number of rotatable bonds is 8. The minimum Gasteiger partial charge on any atom is -0.345 e. The Morgan fingerprint density at radius 1 is 1.21 bits per heavy atom. The molecule has 8 heteroatoms. The Labute approximate surface area is 164 Å². The zero-order valence-corrected chi connectivity index (χ0v) is 16.5. The highest BCUT2D eigenvalue weighted by Crippen LogP contribution is 2.17. The van der Waals surface area contributed by atoms with E-state index in [2.05, 4.69) is 5.32 Å². The third-order valence-corrected chi connectivity index (χ3v) is 5.93. The maximum atomic E-state index is 14.0. The third-order valence-electron chi connectivity index (χ3n) is 5.00. The van der Waals surface area contributed by atoms with Gasteiger partial charge in [0.25, 0.3) is 5.91 Å². The summed E-state index contributed by atoms with van der Waals surface area (Å²) in [6, 6.07) is 12.9. The van der Waals surface area contributed by atoms with E-state index >= 15 is 0 Å². The van der Waals surface area contributed by atoms with Crippen LogP contribution in [0.3, 0.4) is 0 Å². The number of carbonyl (C=O) groups excluding carboxylic acids is 1. The number of sulfonamides is 1. The average Bonchev–Trinajstić information content (AvgIpc) is 3.47. The molecule has 3 rings (SSSR count). The number of benzene rings is 2. The van der Waals surface area contributed by atoms with E-state index in [1.807, 2.05) is 6.92 Å². The van der Waals surface area contributed by atoms with Crippen LogP contribution in [0.25, 0.3) is 0 Å². The maximum Gasteiger partial charge on any atom is 0.275 e. The molecule has 2 aromatic carbocycles. The fourth-order valence-corrected chi connectivity index (χ4v) is 3.77. The summed E-state index contributed by atoms with van der Waals surface area (Å²) in [5, 5.41) is 8.03. The largest absolute Gasteiger partial charge is 0.345 e. The molecule has 0 radical (unpaired) electrons. The Morgan fingerprint density at radius 3 is 2.43 bits per heavy atom. The molecule has 1 aliphatic carbocycles. The molecule has 1 saturated carbocycles. The predicted molar refractivity (Wildman–Crippen MR) is 103 cm³/mol. The van der Waals surface area contributed by atoms with Gasteiger partial charge in [0.1, 0.15) is 12.4 Å². The third kappa shape index (κ3) is 5.37. The normalized spacial score (nSPS) is 16.4. The molecule has 6 nitrogen and oxygen atoms in total. The van der Waals surface area contributed by atoms with Crippen LogP contribution < -0.4 is 15.4 Å². The Morgan fingerprint density at radius 2 is 1.86 bits per heavy atom. The van der Waals surface area contributed by atoms with Crippen LogP contribution in [0, 0.1) is 5.82 Å². The molecule has 1 amide bonds. The standard InChI is InChI=1S/C20H24FN3O3S/c1-14(15-6-10-18(11-7-15)28(22,26)27)23-20(25)13-24(17-8-9-17)12-16-4-2-3-5-19(16)21/h2-7,10-11,14,17H,8-9,12-13H2,1H3,(H,23,25)(H2,22,26,27)/p+1/t14-/m1/s1. The summed E-state index contributed by atoms with van der Waals surface area (Å²) in [4.78, 5) is 13.6. The molecule has 0 aromatic heterocycles. The maximum absolute atomic E-state index is 14.0. The number of hydrogen-bond donors (Lipinski definition) is 3. The van der Waals surface area contributed by atoms with Gasteiger partial charge in [-0.3, -0.25) is 4.79 Å². The lowest BCUT2D eigenvalue weighted by Crippen LogP contribution is -3.13. The van der Waals surface area contributed by atoms with Gasteiger partial charge in [0.05, 0.1) is 17.0 Å². The molecule has 4 N–H and O–H groups in total. The van der Waals surface area contributed by atoms with Crippen molar-refractivity contribution in [3.8, 4) is 0 Å². The lowest BCUT2D eigenvalue weighted by Gasteiger charge is -2.21. The van der Waals surface area contributed by atoms with E-state index in [0.29, 0.717) is 18.2 Å². The molecule has 28 heavy (non-hydrogen) atoms. The number of carbonyl (C=O) groups is 1. The molecule has 0 aliphatic heterocycles. The summed E-state index contributed by atoms with van der Waals surface area (Å²) < 4.78 is 36.6. The van der Waals surface area contributed by atoms with E-state index in [9.17, 15) is 17.6 Å². The van der Waals surface area contributed by atoms with Gasteiger partial charge in [-0.2, -0.15) is 0 Å². The molecule has 1 unspecified atom stereocenters. The number of nitrogens with one attached hydrogen (secondary N) is 2. The molecule has 2 atom stereocenters. The molecule has 0 spiro atoms. The number of nitrogens with two attached hydrogens (primary N) is 1. The predicted octanol–water partition coefficient (Wildman–Crippen LogP) is 0.898. The summed E-state index contributed by atoms with van der Waals surface area (Å²) in [6.07, 6.45) is 2.09. The molecular weight excluding hydrogens is 381 g/mol. The van der Waals surface area contributed by atoms with Crippen molar-refractivity contribution in [2.75, 3.05) is 6.54 Å². The molecule has 2 aromatic rings.